The summed E-state index contributed by atoms with van der Waals surface area (Å²) < 4.78 is 2.39. The first-order chi connectivity index (χ1) is 19.5. The smallest absolute Gasteiger partial charge is 0.140 e. The molecule has 5 nitrogen and oxygen atoms in total. The van der Waals surface area contributed by atoms with Gasteiger partial charge in [0, 0.05) is 48.4 Å². The summed E-state index contributed by atoms with van der Waals surface area (Å²) in [5, 5.41) is 20.7. The largest absolute Gasteiger partial charge is 0.508 e. The molecule has 0 aliphatic heterocycles. The molecule has 5 heteroatoms. The third-order valence-electron chi connectivity index (χ3n) is 7.48. The van der Waals surface area contributed by atoms with Crippen molar-refractivity contribution in [2.45, 2.75) is 52.4 Å². The molecule has 2 N–H and O–H groups in total. The number of phenols is 2. The Morgan fingerprint density at radius 2 is 1.40 bits per heavy atom. The Labute approximate surface area is 237 Å². The lowest BCUT2D eigenvalue weighted by Crippen LogP contribution is -2.28. The van der Waals surface area contributed by atoms with Crippen LogP contribution in [-0.2, 0) is 19.6 Å². The van der Waals surface area contributed by atoms with Gasteiger partial charge in [-0.1, -0.05) is 110 Å². The predicted molar refractivity (Wildman–Crippen MR) is 162 cm³/mol. The van der Waals surface area contributed by atoms with Gasteiger partial charge in [0.1, 0.15) is 17.3 Å². The first kappa shape index (κ1) is 27.2. The van der Waals surface area contributed by atoms with E-state index in [4.69, 9.17) is 4.98 Å². The molecule has 1 heterocycles. The Kier molecular flexibility index (Phi) is 8.62. The van der Waals surface area contributed by atoms with E-state index in [2.05, 4.69) is 96.1 Å². The maximum absolute atomic E-state index is 10.8. The van der Waals surface area contributed by atoms with Crippen molar-refractivity contribution in [1.82, 2.24) is 14.5 Å². The molecule has 40 heavy (non-hydrogen) atoms. The van der Waals surface area contributed by atoms with Gasteiger partial charge in [0.15, 0.2) is 0 Å². The van der Waals surface area contributed by atoms with Gasteiger partial charge in [0.05, 0.1) is 11.4 Å². The van der Waals surface area contributed by atoms with Gasteiger partial charge in [-0.15, -0.1) is 0 Å². The van der Waals surface area contributed by atoms with Gasteiger partial charge in [-0.05, 0) is 25.0 Å². The zero-order chi connectivity index (χ0) is 27.9. The minimum absolute atomic E-state index is 0.0552. The highest BCUT2D eigenvalue weighted by molar-refractivity contribution is 5.68. The van der Waals surface area contributed by atoms with Crippen molar-refractivity contribution in [1.29, 1.82) is 0 Å². The van der Waals surface area contributed by atoms with Crippen molar-refractivity contribution < 1.29 is 10.2 Å². The second-order valence-corrected chi connectivity index (χ2v) is 10.3. The Bertz CT molecular complexity index is 1520. The number of phenolic OH excluding ortho intramolecular Hbond substituents is 2. The van der Waals surface area contributed by atoms with Crippen LogP contribution in [0.5, 0.6) is 11.5 Å². The molecule has 0 aliphatic rings. The third-order valence-corrected chi connectivity index (χ3v) is 7.48. The van der Waals surface area contributed by atoms with E-state index in [9.17, 15) is 10.2 Å². The number of aromatic nitrogens is 2. The van der Waals surface area contributed by atoms with Crippen LogP contribution in [-0.4, -0.2) is 24.7 Å². The van der Waals surface area contributed by atoms with Crippen molar-refractivity contribution in [2.24, 2.45) is 0 Å². The molecule has 4 aromatic carbocycles. The SMILES string of the molecule is CCCCn1c(-c2ccccc2)nc(-c2ccccc2)c1CN(Cc1ccccc1)C(C)c1ccc(O)cc1O. The monoisotopic (exact) mass is 531 g/mol. The molecule has 0 aliphatic carbocycles. The van der Waals surface area contributed by atoms with Crippen LogP contribution >= 0.6 is 0 Å². The summed E-state index contributed by atoms with van der Waals surface area (Å²) in [6.45, 7) is 6.52. The fourth-order valence-electron chi connectivity index (χ4n) is 5.26. The second-order valence-electron chi connectivity index (χ2n) is 10.3. The van der Waals surface area contributed by atoms with Gasteiger partial charge in [0.25, 0.3) is 0 Å². The van der Waals surface area contributed by atoms with E-state index in [0.29, 0.717) is 13.1 Å². The molecule has 1 atom stereocenters. The highest BCUT2D eigenvalue weighted by Gasteiger charge is 2.26. The minimum atomic E-state index is -0.126. The Balaban J connectivity index is 1.65. The summed E-state index contributed by atoms with van der Waals surface area (Å²) in [6, 6.07) is 36.0. The maximum Gasteiger partial charge on any atom is 0.140 e. The average molecular weight is 532 g/mol. The van der Waals surface area contributed by atoms with Gasteiger partial charge in [-0.2, -0.15) is 0 Å². The molecular formula is C35H37N3O2. The normalized spacial score (nSPS) is 12.1. The van der Waals surface area contributed by atoms with Crippen LogP contribution in [0.2, 0.25) is 0 Å². The quantitative estimate of drug-likeness (QED) is 0.180. The highest BCUT2D eigenvalue weighted by atomic mass is 16.3. The summed E-state index contributed by atoms with van der Waals surface area (Å²) in [5.74, 6) is 1.13. The van der Waals surface area contributed by atoms with Gasteiger partial charge in [0.2, 0.25) is 0 Å². The van der Waals surface area contributed by atoms with Crippen LogP contribution in [0.25, 0.3) is 22.6 Å². The van der Waals surface area contributed by atoms with Crippen LogP contribution in [0.3, 0.4) is 0 Å². The zero-order valence-corrected chi connectivity index (χ0v) is 23.2. The van der Waals surface area contributed by atoms with Crippen LogP contribution in [0, 0.1) is 0 Å². The highest BCUT2D eigenvalue weighted by Crippen LogP contribution is 2.36. The molecular weight excluding hydrogens is 494 g/mol. The fraction of sp³-hybridized carbons (Fsp3) is 0.229. The summed E-state index contributed by atoms with van der Waals surface area (Å²) in [6.07, 6.45) is 2.13. The standard InChI is InChI=1S/C35H37N3O2/c1-3-4-22-38-32(34(28-16-10-6-11-17-28)36-35(38)29-18-12-7-13-19-29)25-37(24-27-14-8-5-9-15-27)26(2)31-21-20-30(39)23-33(31)40/h5-21,23,26,39-40H,3-4,22,24-25H2,1-2H3. The topological polar surface area (TPSA) is 61.5 Å². The molecule has 0 bridgehead atoms. The zero-order valence-electron chi connectivity index (χ0n) is 23.2. The van der Waals surface area contributed by atoms with Crippen molar-refractivity contribution in [3.63, 3.8) is 0 Å². The van der Waals surface area contributed by atoms with E-state index < -0.39 is 0 Å². The number of imidazole rings is 1. The molecule has 0 saturated carbocycles. The van der Waals surface area contributed by atoms with Crippen LogP contribution < -0.4 is 0 Å². The summed E-state index contributed by atoms with van der Waals surface area (Å²) in [4.78, 5) is 7.66. The lowest BCUT2D eigenvalue weighted by atomic mass is 10.0. The molecule has 1 unspecified atom stereocenters. The Hall–Kier alpha value is -4.35. The van der Waals surface area contributed by atoms with Crippen molar-refractivity contribution >= 4 is 0 Å². The molecule has 1 aromatic heterocycles. The summed E-state index contributed by atoms with van der Waals surface area (Å²) in [5.41, 5.74) is 6.29. The van der Waals surface area contributed by atoms with E-state index in [0.717, 1.165) is 53.3 Å². The Morgan fingerprint density at radius 3 is 2.02 bits per heavy atom. The van der Waals surface area contributed by atoms with Crippen molar-refractivity contribution in [2.75, 3.05) is 0 Å². The Morgan fingerprint density at radius 1 is 0.775 bits per heavy atom. The average Bonchev–Trinajstić information content (AvgIpc) is 3.34. The number of hydrogen-bond acceptors (Lipinski definition) is 4. The third kappa shape index (κ3) is 6.11. The van der Waals surface area contributed by atoms with E-state index in [-0.39, 0.29) is 17.5 Å². The molecule has 0 radical (unpaired) electrons. The molecule has 5 aromatic rings. The summed E-state index contributed by atoms with van der Waals surface area (Å²) >= 11 is 0. The first-order valence-corrected chi connectivity index (χ1v) is 14.0. The number of aromatic hydroxyl groups is 2. The molecule has 0 amide bonds. The number of nitrogens with zero attached hydrogens (tertiary/aromatic N) is 3. The molecule has 0 fully saturated rings. The van der Waals surface area contributed by atoms with Gasteiger partial charge < -0.3 is 14.8 Å². The fourth-order valence-corrected chi connectivity index (χ4v) is 5.26. The van der Waals surface area contributed by atoms with E-state index in [1.807, 2.05) is 24.3 Å². The number of benzene rings is 4. The van der Waals surface area contributed by atoms with Gasteiger partial charge in [-0.25, -0.2) is 4.98 Å². The number of hydrogen-bond donors (Lipinski definition) is 2. The van der Waals surface area contributed by atoms with E-state index in [1.165, 1.54) is 11.6 Å². The molecule has 0 spiro atoms. The lowest BCUT2D eigenvalue weighted by Gasteiger charge is -2.31. The first-order valence-electron chi connectivity index (χ1n) is 14.0. The van der Waals surface area contributed by atoms with E-state index >= 15 is 0 Å². The van der Waals surface area contributed by atoms with Gasteiger partial charge in [-0.3, -0.25) is 4.90 Å². The molecule has 5 rings (SSSR count). The van der Waals surface area contributed by atoms with E-state index in [1.54, 1.807) is 6.07 Å². The maximum atomic E-state index is 10.8. The predicted octanol–water partition coefficient (Wildman–Crippen LogP) is 8.19. The van der Waals surface area contributed by atoms with Crippen LogP contribution in [0.1, 0.15) is 49.6 Å². The molecule has 204 valence electrons. The summed E-state index contributed by atoms with van der Waals surface area (Å²) in [7, 11) is 0. The molecule has 0 saturated heterocycles. The van der Waals surface area contributed by atoms with Crippen LogP contribution in [0.15, 0.2) is 109 Å². The van der Waals surface area contributed by atoms with Gasteiger partial charge >= 0.3 is 0 Å². The minimum Gasteiger partial charge on any atom is -0.508 e. The van der Waals surface area contributed by atoms with Crippen molar-refractivity contribution in [3.8, 4) is 34.1 Å². The van der Waals surface area contributed by atoms with Crippen LogP contribution in [0.4, 0.5) is 0 Å². The van der Waals surface area contributed by atoms with Crippen molar-refractivity contribution in [3.05, 3.63) is 126 Å². The second kappa shape index (κ2) is 12.7. The number of rotatable bonds is 11. The number of unbranched alkanes of at least 4 members (excludes halogenated alkanes) is 1. The lowest BCUT2D eigenvalue weighted by molar-refractivity contribution is 0.184.